The lowest BCUT2D eigenvalue weighted by molar-refractivity contribution is -0.113. The van der Waals surface area contributed by atoms with Crippen LogP contribution in [0.3, 0.4) is 0 Å². The van der Waals surface area contributed by atoms with Crippen molar-refractivity contribution < 1.29 is 9.53 Å². The molecule has 0 fully saturated rings. The zero-order valence-electron chi connectivity index (χ0n) is 17.5. The second-order valence-corrected chi connectivity index (χ2v) is 8.34. The van der Waals surface area contributed by atoms with Gasteiger partial charge in [0.25, 0.3) is 0 Å². The van der Waals surface area contributed by atoms with Gasteiger partial charge >= 0.3 is 0 Å². The topological polar surface area (TPSA) is 69.0 Å². The Labute approximate surface area is 186 Å². The van der Waals surface area contributed by atoms with Crippen LogP contribution in [0.4, 0.5) is 5.69 Å². The predicted molar refractivity (Wildman–Crippen MR) is 121 cm³/mol. The fourth-order valence-electron chi connectivity index (χ4n) is 3.07. The number of carbonyl (C=O) groups excluding carboxylic acids is 1. The van der Waals surface area contributed by atoms with Crippen LogP contribution in [0.2, 0.25) is 5.02 Å². The van der Waals surface area contributed by atoms with Crippen molar-refractivity contribution in [2.24, 2.45) is 0 Å². The fraction of sp³-hybridized carbons (Fsp3) is 0.318. The molecule has 0 bridgehead atoms. The maximum atomic E-state index is 12.3. The number of hydrogen-bond donors (Lipinski definition) is 1. The standard InChI is InChI=1S/C22H25ClN4O2S/c1-5-27-21(16(4)29-19-10-9-14(2)11-15(19)3)25-26-22(27)30-13-20(28)24-18-8-6-7-17(23)12-18/h6-12,16H,5,13H2,1-4H3,(H,24,28). The third-order valence-corrected chi connectivity index (χ3v) is 5.70. The number of aromatic nitrogens is 3. The SMILES string of the molecule is CCn1c(SCC(=O)Nc2cccc(Cl)c2)nnc1C(C)Oc1ccc(C)cc1C. The summed E-state index contributed by atoms with van der Waals surface area (Å²) in [5.41, 5.74) is 2.94. The van der Waals surface area contributed by atoms with E-state index in [0.29, 0.717) is 22.4 Å². The van der Waals surface area contributed by atoms with Crippen LogP contribution in [0, 0.1) is 13.8 Å². The van der Waals surface area contributed by atoms with Crippen LogP contribution >= 0.6 is 23.4 Å². The number of ether oxygens (including phenoxy) is 1. The van der Waals surface area contributed by atoms with Gasteiger partial charge < -0.3 is 14.6 Å². The van der Waals surface area contributed by atoms with Crippen molar-refractivity contribution in [3.05, 3.63) is 64.4 Å². The molecule has 0 aliphatic rings. The molecule has 2 aromatic carbocycles. The highest BCUT2D eigenvalue weighted by molar-refractivity contribution is 7.99. The number of amides is 1. The molecule has 1 atom stereocenters. The van der Waals surface area contributed by atoms with Gasteiger partial charge in [0.1, 0.15) is 5.75 Å². The molecular formula is C22H25ClN4O2S. The summed E-state index contributed by atoms with van der Waals surface area (Å²) in [5.74, 6) is 1.65. The van der Waals surface area contributed by atoms with E-state index in [0.717, 1.165) is 17.1 Å². The molecule has 0 spiro atoms. The molecule has 6 nitrogen and oxygen atoms in total. The van der Waals surface area contributed by atoms with Gasteiger partial charge in [-0.05, 0) is 57.5 Å². The summed E-state index contributed by atoms with van der Waals surface area (Å²) in [6, 6.07) is 13.2. The number of anilines is 1. The number of aryl methyl sites for hydroxylation is 2. The van der Waals surface area contributed by atoms with Gasteiger partial charge in [0.2, 0.25) is 5.91 Å². The molecule has 3 rings (SSSR count). The molecule has 30 heavy (non-hydrogen) atoms. The van der Waals surface area contributed by atoms with Crippen molar-refractivity contribution in [1.82, 2.24) is 14.8 Å². The average molecular weight is 445 g/mol. The predicted octanol–water partition coefficient (Wildman–Crippen LogP) is 5.44. The van der Waals surface area contributed by atoms with Gasteiger partial charge in [-0.1, -0.05) is 47.1 Å². The quantitative estimate of drug-likeness (QED) is 0.468. The summed E-state index contributed by atoms with van der Waals surface area (Å²) in [5, 5.41) is 12.7. The zero-order chi connectivity index (χ0) is 21.7. The minimum Gasteiger partial charge on any atom is -0.482 e. The van der Waals surface area contributed by atoms with E-state index in [1.807, 2.05) is 37.5 Å². The highest BCUT2D eigenvalue weighted by Gasteiger charge is 2.20. The van der Waals surface area contributed by atoms with E-state index in [1.54, 1.807) is 24.3 Å². The molecular weight excluding hydrogens is 420 g/mol. The molecule has 0 aliphatic heterocycles. The molecule has 3 aromatic rings. The normalized spacial score (nSPS) is 11.9. The van der Waals surface area contributed by atoms with Crippen LogP contribution in [-0.2, 0) is 11.3 Å². The van der Waals surface area contributed by atoms with Crippen LogP contribution < -0.4 is 10.1 Å². The van der Waals surface area contributed by atoms with Crippen LogP contribution in [0.1, 0.15) is 36.9 Å². The van der Waals surface area contributed by atoms with Gasteiger partial charge in [0.05, 0.1) is 5.75 Å². The van der Waals surface area contributed by atoms with E-state index in [-0.39, 0.29) is 17.8 Å². The second-order valence-electron chi connectivity index (χ2n) is 6.96. The number of nitrogens with one attached hydrogen (secondary N) is 1. The zero-order valence-corrected chi connectivity index (χ0v) is 19.0. The largest absolute Gasteiger partial charge is 0.482 e. The maximum Gasteiger partial charge on any atom is 0.234 e. The Morgan fingerprint density at radius 3 is 2.73 bits per heavy atom. The molecule has 0 saturated heterocycles. The van der Waals surface area contributed by atoms with Gasteiger partial charge in [0.15, 0.2) is 17.1 Å². The van der Waals surface area contributed by atoms with Gasteiger partial charge in [-0.3, -0.25) is 4.79 Å². The van der Waals surface area contributed by atoms with E-state index in [4.69, 9.17) is 16.3 Å². The molecule has 1 N–H and O–H groups in total. The lowest BCUT2D eigenvalue weighted by Gasteiger charge is -2.17. The van der Waals surface area contributed by atoms with Gasteiger partial charge in [-0.15, -0.1) is 10.2 Å². The van der Waals surface area contributed by atoms with Crippen molar-refractivity contribution in [3.8, 4) is 5.75 Å². The number of benzene rings is 2. The minimum absolute atomic E-state index is 0.131. The first kappa shape index (κ1) is 22.2. The lowest BCUT2D eigenvalue weighted by atomic mass is 10.1. The Hall–Kier alpha value is -2.51. The Kier molecular flexibility index (Phi) is 7.39. The first-order chi connectivity index (χ1) is 14.4. The van der Waals surface area contributed by atoms with Crippen molar-refractivity contribution in [2.45, 2.75) is 45.5 Å². The van der Waals surface area contributed by atoms with Crippen molar-refractivity contribution >= 4 is 35.0 Å². The Balaban J connectivity index is 1.65. The van der Waals surface area contributed by atoms with Crippen molar-refractivity contribution in [1.29, 1.82) is 0 Å². The van der Waals surface area contributed by atoms with Crippen molar-refractivity contribution in [3.63, 3.8) is 0 Å². The number of hydrogen-bond acceptors (Lipinski definition) is 5. The van der Waals surface area contributed by atoms with E-state index in [9.17, 15) is 4.79 Å². The molecule has 1 aromatic heterocycles. The molecule has 8 heteroatoms. The van der Waals surface area contributed by atoms with E-state index < -0.39 is 0 Å². The van der Waals surface area contributed by atoms with Gasteiger partial charge in [-0.2, -0.15) is 0 Å². The second kappa shape index (κ2) is 10.00. The van der Waals surface area contributed by atoms with Gasteiger partial charge in [0, 0.05) is 17.3 Å². The number of thioether (sulfide) groups is 1. The highest BCUT2D eigenvalue weighted by Crippen LogP contribution is 2.27. The summed E-state index contributed by atoms with van der Waals surface area (Å²) in [6.07, 6.45) is -0.270. The van der Waals surface area contributed by atoms with Crippen molar-refractivity contribution in [2.75, 3.05) is 11.1 Å². The molecule has 1 heterocycles. The highest BCUT2D eigenvalue weighted by atomic mass is 35.5. The summed E-state index contributed by atoms with van der Waals surface area (Å²) < 4.78 is 8.11. The number of rotatable bonds is 8. The minimum atomic E-state index is -0.270. The summed E-state index contributed by atoms with van der Waals surface area (Å²) in [4.78, 5) is 12.3. The maximum absolute atomic E-state index is 12.3. The number of carbonyl (C=O) groups is 1. The summed E-state index contributed by atoms with van der Waals surface area (Å²) >= 11 is 7.30. The fourth-order valence-corrected chi connectivity index (χ4v) is 4.07. The number of halogens is 1. The first-order valence-electron chi connectivity index (χ1n) is 9.72. The van der Waals surface area contributed by atoms with E-state index >= 15 is 0 Å². The smallest absolute Gasteiger partial charge is 0.234 e. The van der Waals surface area contributed by atoms with Crippen LogP contribution in [-0.4, -0.2) is 26.4 Å². The number of nitrogens with zero attached hydrogens (tertiary/aromatic N) is 3. The van der Waals surface area contributed by atoms with E-state index in [1.165, 1.54) is 17.3 Å². The molecule has 158 valence electrons. The molecule has 0 aliphatic carbocycles. The average Bonchev–Trinajstić information content (AvgIpc) is 3.11. The molecule has 0 saturated carbocycles. The van der Waals surface area contributed by atoms with E-state index in [2.05, 4.69) is 28.5 Å². The summed E-state index contributed by atoms with van der Waals surface area (Å²) in [7, 11) is 0. The molecule has 0 radical (unpaired) electrons. The lowest BCUT2D eigenvalue weighted by Crippen LogP contribution is -2.15. The Morgan fingerprint density at radius 2 is 2.03 bits per heavy atom. The molecule has 1 unspecified atom stereocenters. The third kappa shape index (κ3) is 5.55. The molecule has 1 amide bonds. The van der Waals surface area contributed by atoms with Crippen LogP contribution in [0.5, 0.6) is 5.75 Å². The summed E-state index contributed by atoms with van der Waals surface area (Å²) in [6.45, 7) is 8.74. The Morgan fingerprint density at radius 1 is 1.23 bits per heavy atom. The Bertz CT molecular complexity index is 1040. The third-order valence-electron chi connectivity index (χ3n) is 4.50. The first-order valence-corrected chi connectivity index (χ1v) is 11.1. The monoisotopic (exact) mass is 444 g/mol. The van der Waals surface area contributed by atoms with Crippen LogP contribution in [0.15, 0.2) is 47.6 Å². The van der Waals surface area contributed by atoms with Crippen LogP contribution in [0.25, 0.3) is 0 Å². The van der Waals surface area contributed by atoms with Gasteiger partial charge in [-0.25, -0.2) is 0 Å².